The Morgan fingerprint density at radius 1 is 1.16 bits per heavy atom. The van der Waals surface area contributed by atoms with Gasteiger partial charge < -0.3 is 9.47 Å². The van der Waals surface area contributed by atoms with Crippen LogP contribution in [0, 0.1) is 6.92 Å². The molecule has 0 N–H and O–H groups in total. The number of halogens is 1. The first-order chi connectivity index (χ1) is 15.1. The zero-order valence-corrected chi connectivity index (χ0v) is 20.3. The number of nitrogens with zero attached hydrogens (tertiary/aromatic N) is 3. The molecule has 8 heteroatoms. The third-order valence-electron chi connectivity index (χ3n) is 5.20. The van der Waals surface area contributed by atoms with Gasteiger partial charge in [-0.05, 0) is 57.5 Å². The lowest BCUT2D eigenvalue weighted by molar-refractivity contribution is 0.0748. The zero-order chi connectivity index (χ0) is 23.5. The minimum atomic E-state index is -3.71. The fraction of sp³-hybridized carbons (Fsp3) is 0.333. The summed E-state index contributed by atoms with van der Waals surface area (Å²) in [7, 11) is -3.71. The van der Waals surface area contributed by atoms with E-state index >= 15 is 0 Å². The summed E-state index contributed by atoms with van der Waals surface area (Å²) in [4.78, 5) is 19.0. The van der Waals surface area contributed by atoms with Crippen LogP contribution in [0.3, 0.4) is 0 Å². The van der Waals surface area contributed by atoms with Gasteiger partial charge in [-0.1, -0.05) is 41.4 Å². The van der Waals surface area contributed by atoms with Gasteiger partial charge in [-0.25, -0.2) is 13.4 Å². The lowest BCUT2D eigenvalue weighted by atomic mass is 10.1. The van der Waals surface area contributed by atoms with Crippen LogP contribution in [-0.4, -0.2) is 35.3 Å². The molecule has 0 fully saturated rings. The molecule has 0 spiro atoms. The van der Waals surface area contributed by atoms with Crippen LogP contribution in [0.15, 0.2) is 59.9 Å². The number of aromatic nitrogens is 2. The Hall–Kier alpha value is -2.64. The number of carbonyl (C=O) groups is 1. The Morgan fingerprint density at radius 3 is 2.44 bits per heavy atom. The number of hydrogen-bond acceptors (Lipinski definition) is 4. The molecule has 0 aliphatic rings. The number of benzene rings is 2. The number of carbonyl (C=O) groups excluding carboxylic acids is 1. The average Bonchev–Trinajstić information content (AvgIpc) is 3.17. The first kappa shape index (κ1) is 24.0. The maximum Gasteiger partial charge on any atom is 0.254 e. The highest BCUT2D eigenvalue weighted by atomic mass is 35.5. The molecule has 3 rings (SSSR count). The fourth-order valence-electron chi connectivity index (χ4n) is 3.59. The summed E-state index contributed by atoms with van der Waals surface area (Å²) in [5.41, 5.74) is 2.95. The highest BCUT2D eigenvalue weighted by molar-refractivity contribution is 7.90. The van der Waals surface area contributed by atoms with E-state index in [1.165, 1.54) is 0 Å². The van der Waals surface area contributed by atoms with Crippen LogP contribution in [0.5, 0.6) is 0 Å². The highest BCUT2D eigenvalue weighted by Crippen LogP contribution is 2.24. The minimum absolute atomic E-state index is 0.00122. The number of sulfone groups is 1. The molecule has 0 bridgehead atoms. The van der Waals surface area contributed by atoms with Crippen LogP contribution in [0.25, 0.3) is 0 Å². The Balaban J connectivity index is 1.91. The van der Waals surface area contributed by atoms with Gasteiger partial charge >= 0.3 is 0 Å². The fourth-order valence-corrected chi connectivity index (χ4v) is 5.39. The van der Waals surface area contributed by atoms with Gasteiger partial charge in [0, 0.05) is 23.2 Å². The lowest BCUT2D eigenvalue weighted by Gasteiger charge is -2.23. The van der Waals surface area contributed by atoms with E-state index in [0.717, 1.165) is 5.56 Å². The maximum atomic E-state index is 13.2. The van der Waals surface area contributed by atoms with Crippen molar-refractivity contribution in [2.45, 2.75) is 51.2 Å². The van der Waals surface area contributed by atoms with Crippen molar-refractivity contribution in [2.75, 3.05) is 6.54 Å². The summed E-state index contributed by atoms with van der Waals surface area (Å²) in [5.74, 6) is -0.302. The van der Waals surface area contributed by atoms with Crippen LogP contribution in [0.1, 0.15) is 54.0 Å². The topological polar surface area (TPSA) is 72.3 Å². The Kier molecular flexibility index (Phi) is 7.41. The van der Waals surface area contributed by atoms with E-state index < -0.39 is 9.84 Å². The molecule has 170 valence electrons. The predicted molar refractivity (Wildman–Crippen MR) is 127 cm³/mol. The molecule has 1 amide bonds. The van der Waals surface area contributed by atoms with E-state index in [2.05, 4.69) is 4.98 Å². The van der Waals surface area contributed by atoms with Crippen LogP contribution >= 0.6 is 11.6 Å². The van der Waals surface area contributed by atoms with E-state index in [-0.39, 0.29) is 29.4 Å². The number of rotatable bonds is 8. The summed E-state index contributed by atoms with van der Waals surface area (Å²) in [6.07, 6.45) is 1.55. The summed E-state index contributed by atoms with van der Waals surface area (Å²) in [6.45, 7) is 8.43. The molecule has 3 aromatic rings. The zero-order valence-electron chi connectivity index (χ0n) is 18.7. The number of amides is 1. The van der Waals surface area contributed by atoms with E-state index in [9.17, 15) is 13.2 Å². The number of imidazole rings is 1. The SMILES string of the molecule is CCN(Cc1cnc(S(=O)(=O)Cc2cccc(Cl)c2)n1C(C)C)C(=O)c1ccc(C)cc1. The third kappa shape index (κ3) is 5.40. The normalized spacial score (nSPS) is 11.7. The van der Waals surface area contributed by atoms with Crippen LogP contribution in [0.4, 0.5) is 0 Å². The van der Waals surface area contributed by atoms with Crippen molar-refractivity contribution in [3.8, 4) is 0 Å². The van der Waals surface area contributed by atoms with Crippen molar-refractivity contribution in [1.29, 1.82) is 0 Å². The van der Waals surface area contributed by atoms with E-state index in [1.54, 1.807) is 52.1 Å². The predicted octanol–water partition coefficient (Wildman–Crippen LogP) is 5.06. The summed E-state index contributed by atoms with van der Waals surface area (Å²) >= 11 is 6.01. The maximum absolute atomic E-state index is 13.2. The van der Waals surface area contributed by atoms with Crippen LogP contribution in [0.2, 0.25) is 5.02 Å². The Labute approximate surface area is 194 Å². The smallest absolute Gasteiger partial charge is 0.254 e. The average molecular weight is 474 g/mol. The molecule has 32 heavy (non-hydrogen) atoms. The van der Waals surface area contributed by atoms with Crippen molar-refractivity contribution in [3.05, 3.63) is 82.1 Å². The van der Waals surface area contributed by atoms with Gasteiger partial charge in [0.05, 0.1) is 24.2 Å². The lowest BCUT2D eigenvalue weighted by Crippen LogP contribution is -2.31. The Bertz CT molecular complexity index is 1200. The molecule has 6 nitrogen and oxygen atoms in total. The van der Waals surface area contributed by atoms with Gasteiger partial charge in [0.1, 0.15) is 0 Å². The van der Waals surface area contributed by atoms with Gasteiger partial charge in [0.2, 0.25) is 15.0 Å². The molecular formula is C24H28ClN3O3S. The molecule has 1 heterocycles. The van der Waals surface area contributed by atoms with Crippen molar-refractivity contribution in [3.63, 3.8) is 0 Å². The Morgan fingerprint density at radius 2 is 1.84 bits per heavy atom. The van der Waals surface area contributed by atoms with E-state index in [0.29, 0.717) is 28.4 Å². The first-order valence-corrected chi connectivity index (χ1v) is 12.5. The van der Waals surface area contributed by atoms with Crippen molar-refractivity contribution >= 4 is 27.3 Å². The minimum Gasteiger partial charge on any atom is -0.333 e. The molecule has 0 aliphatic carbocycles. The standard InChI is InChI=1S/C24H28ClN3O3S/c1-5-27(23(29)20-11-9-18(4)10-12-20)15-22-14-26-24(28(22)17(2)3)32(30,31)16-19-7-6-8-21(25)13-19/h6-14,17H,5,15-16H2,1-4H3. The molecule has 1 aromatic heterocycles. The second kappa shape index (κ2) is 9.88. The van der Waals surface area contributed by atoms with Gasteiger partial charge in [-0.2, -0.15) is 0 Å². The van der Waals surface area contributed by atoms with E-state index in [1.807, 2.05) is 39.8 Å². The largest absolute Gasteiger partial charge is 0.333 e. The van der Waals surface area contributed by atoms with Gasteiger partial charge in [-0.15, -0.1) is 0 Å². The summed E-state index contributed by atoms with van der Waals surface area (Å²) in [5, 5.41) is 0.486. The molecule has 0 atom stereocenters. The number of aryl methyl sites for hydroxylation is 1. The van der Waals surface area contributed by atoms with Crippen molar-refractivity contribution < 1.29 is 13.2 Å². The molecule has 0 saturated heterocycles. The van der Waals surface area contributed by atoms with Crippen LogP contribution in [-0.2, 0) is 22.1 Å². The second-order valence-electron chi connectivity index (χ2n) is 8.07. The van der Waals surface area contributed by atoms with Gasteiger partial charge in [0.15, 0.2) is 0 Å². The first-order valence-electron chi connectivity index (χ1n) is 10.5. The molecule has 0 saturated carbocycles. The van der Waals surface area contributed by atoms with Gasteiger partial charge in [-0.3, -0.25) is 4.79 Å². The summed E-state index contributed by atoms with van der Waals surface area (Å²) < 4.78 is 28.1. The molecule has 0 radical (unpaired) electrons. The highest BCUT2D eigenvalue weighted by Gasteiger charge is 2.27. The monoisotopic (exact) mass is 473 g/mol. The van der Waals surface area contributed by atoms with Gasteiger partial charge in [0.25, 0.3) is 5.91 Å². The third-order valence-corrected chi connectivity index (χ3v) is 7.01. The molecule has 2 aromatic carbocycles. The van der Waals surface area contributed by atoms with Crippen molar-refractivity contribution in [2.24, 2.45) is 0 Å². The molecular weight excluding hydrogens is 446 g/mol. The van der Waals surface area contributed by atoms with E-state index in [4.69, 9.17) is 11.6 Å². The van der Waals surface area contributed by atoms with Crippen molar-refractivity contribution in [1.82, 2.24) is 14.5 Å². The molecule has 0 aliphatic heterocycles. The van der Waals surface area contributed by atoms with Crippen LogP contribution < -0.4 is 0 Å². The quantitative estimate of drug-likeness (QED) is 0.458. The number of hydrogen-bond donors (Lipinski definition) is 0. The summed E-state index contributed by atoms with van der Waals surface area (Å²) in [6, 6.07) is 14.1. The molecule has 0 unspecified atom stereocenters. The second-order valence-corrected chi connectivity index (χ2v) is 10.4.